The van der Waals surface area contributed by atoms with Crippen LogP contribution in [0.1, 0.15) is 0 Å². The second kappa shape index (κ2) is 9.43. The zero-order valence-corrected chi connectivity index (χ0v) is 19.2. The Balaban J connectivity index is 2.22. The Labute approximate surface area is 192 Å². The van der Waals surface area contributed by atoms with E-state index in [0.29, 0.717) is 0 Å². The maximum Gasteiger partial charge on any atom is 0.338 e. The molecule has 1 atom stereocenters. The van der Waals surface area contributed by atoms with Gasteiger partial charge in [0.15, 0.2) is 22.9 Å². The van der Waals surface area contributed by atoms with E-state index in [1.165, 1.54) is 12.1 Å². The minimum Gasteiger partial charge on any atom is -0.468 e. The number of aromatic nitrogens is 1. The number of nitrogens with two attached hydrogens (primary N) is 1. The summed E-state index contributed by atoms with van der Waals surface area (Å²) >= 11 is 0. The first-order chi connectivity index (χ1) is 15.9. The summed E-state index contributed by atoms with van der Waals surface area (Å²) in [7, 11) is -6.89. The Morgan fingerprint density at radius 1 is 1.09 bits per heavy atom. The second-order valence-corrected chi connectivity index (χ2v) is 10.0. The third-order valence-corrected chi connectivity index (χ3v) is 7.26. The van der Waals surface area contributed by atoms with E-state index in [0.717, 1.165) is 32.4 Å². The largest absolute Gasteiger partial charge is 0.468 e. The van der Waals surface area contributed by atoms with Gasteiger partial charge in [-0.2, -0.15) is 9.44 Å². The summed E-state index contributed by atoms with van der Waals surface area (Å²) in [4.78, 5) is 37.9. The van der Waals surface area contributed by atoms with Crippen LogP contribution in [0.2, 0.25) is 0 Å². The normalized spacial score (nSPS) is 13.0. The zero-order chi connectivity index (χ0) is 25.3. The smallest absolute Gasteiger partial charge is 0.338 e. The molecule has 0 radical (unpaired) electrons. The minimum atomic E-state index is -4.48. The van der Waals surface area contributed by atoms with Gasteiger partial charge in [0.05, 0.1) is 14.2 Å². The van der Waals surface area contributed by atoms with E-state index in [2.05, 4.69) is 14.5 Å². The molecule has 0 bridgehead atoms. The average Bonchev–Trinajstić information content (AvgIpc) is 2.79. The van der Waals surface area contributed by atoms with E-state index < -0.39 is 59.9 Å². The Morgan fingerprint density at radius 2 is 1.79 bits per heavy atom. The number of ether oxygens (including phenoxy) is 2. The molecule has 4 N–H and O–H groups in total. The van der Waals surface area contributed by atoms with Crippen molar-refractivity contribution in [3.05, 3.63) is 40.6 Å². The SMILES string of the molecule is COC(=O)CNS(=O)(=O)c1cc(=O)cc2oc3cccc(S(=O)(=O)NC(N)C(=O)OC)c3nc1-2. The number of sulfonamides is 2. The van der Waals surface area contributed by atoms with E-state index in [1.54, 1.807) is 0 Å². The summed E-state index contributed by atoms with van der Waals surface area (Å²) < 4.78 is 69.4. The van der Waals surface area contributed by atoms with Gasteiger partial charge in [-0.05, 0) is 12.1 Å². The van der Waals surface area contributed by atoms with Crippen LogP contribution >= 0.6 is 0 Å². The summed E-state index contributed by atoms with van der Waals surface area (Å²) in [5, 5.41) is 0. The molecule has 0 saturated heterocycles. The fourth-order valence-electron chi connectivity index (χ4n) is 2.80. The lowest BCUT2D eigenvalue weighted by Crippen LogP contribution is -2.47. The quantitative estimate of drug-likeness (QED) is 0.177. The lowest BCUT2D eigenvalue weighted by molar-refractivity contribution is -0.142. The molecule has 3 rings (SSSR count). The number of fused-ring (bicyclic) bond motifs is 2. The molecule has 182 valence electrons. The molecular formula is C18H18N4O10S2. The molecule has 0 saturated carbocycles. The summed E-state index contributed by atoms with van der Waals surface area (Å²) in [6, 6.07) is 5.46. The average molecular weight is 514 g/mol. The molecule has 1 heterocycles. The standard InChI is InChI=1S/C18H18N4O10S2/c1-30-14(24)8-20-33(26,27)13-7-9(23)6-11-16(13)21-15-10(32-11)4-3-5-12(15)34(28,29)22-17(19)18(25)31-2/h3-7,17,20,22H,8,19H2,1-2H3. The van der Waals surface area contributed by atoms with Crippen molar-refractivity contribution in [3.8, 4) is 11.5 Å². The third-order valence-electron chi connectivity index (χ3n) is 4.37. The molecule has 0 amide bonds. The highest BCUT2D eigenvalue weighted by molar-refractivity contribution is 7.90. The van der Waals surface area contributed by atoms with Gasteiger partial charge in [-0.3, -0.25) is 9.59 Å². The summed E-state index contributed by atoms with van der Waals surface area (Å²) in [5.41, 5.74) is 3.92. The van der Waals surface area contributed by atoms with Crippen molar-refractivity contribution in [2.45, 2.75) is 16.0 Å². The van der Waals surface area contributed by atoms with Gasteiger partial charge >= 0.3 is 11.9 Å². The first-order valence-electron chi connectivity index (χ1n) is 9.19. The topological polar surface area (TPSA) is 214 Å². The number of para-hydroxylation sites is 1. The summed E-state index contributed by atoms with van der Waals surface area (Å²) in [6.07, 6.45) is -1.73. The fraction of sp³-hybridized carbons (Fsp3) is 0.222. The van der Waals surface area contributed by atoms with Gasteiger partial charge in [-0.1, -0.05) is 6.07 Å². The van der Waals surface area contributed by atoms with Crippen molar-refractivity contribution >= 4 is 43.1 Å². The maximum atomic E-state index is 12.8. The Morgan fingerprint density at radius 3 is 2.44 bits per heavy atom. The molecule has 16 heteroatoms. The van der Waals surface area contributed by atoms with Crippen LogP contribution in [-0.2, 0) is 39.1 Å². The monoisotopic (exact) mass is 514 g/mol. The van der Waals surface area contributed by atoms with Crippen LogP contribution in [0, 0.1) is 0 Å². The number of hydrogen-bond donors (Lipinski definition) is 3. The van der Waals surface area contributed by atoms with Gasteiger partial charge in [-0.15, -0.1) is 0 Å². The van der Waals surface area contributed by atoms with Crippen LogP contribution in [0.4, 0.5) is 0 Å². The highest BCUT2D eigenvalue weighted by Gasteiger charge is 2.29. The number of nitrogens with zero attached hydrogens (tertiary/aromatic N) is 1. The van der Waals surface area contributed by atoms with Crippen LogP contribution in [0.5, 0.6) is 0 Å². The highest BCUT2D eigenvalue weighted by Crippen LogP contribution is 2.31. The third kappa shape index (κ3) is 5.05. The lowest BCUT2D eigenvalue weighted by atomic mass is 10.2. The molecule has 0 aromatic heterocycles. The molecule has 2 aliphatic rings. The van der Waals surface area contributed by atoms with Crippen molar-refractivity contribution in [3.63, 3.8) is 0 Å². The molecule has 14 nitrogen and oxygen atoms in total. The van der Waals surface area contributed by atoms with Crippen LogP contribution < -0.4 is 20.6 Å². The molecule has 1 aromatic rings. The number of methoxy groups -OCH3 is 2. The fourth-order valence-corrected chi connectivity index (χ4v) is 5.15. The summed E-state index contributed by atoms with van der Waals surface area (Å²) in [5.74, 6) is -2.21. The van der Waals surface area contributed by atoms with Crippen molar-refractivity contribution in [2.75, 3.05) is 20.8 Å². The number of rotatable bonds is 8. The Kier molecular flexibility index (Phi) is 6.99. The molecule has 1 aliphatic carbocycles. The number of hydrogen-bond acceptors (Lipinski definition) is 12. The van der Waals surface area contributed by atoms with Gasteiger partial charge in [0, 0.05) is 12.1 Å². The minimum absolute atomic E-state index is 0.113. The highest BCUT2D eigenvalue weighted by atomic mass is 32.2. The molecule has 34 heavy (non-hydrogen) atoms. The van der Waals surface area contributed by atoms with Gasteiger partial charge in [0.25, 0.3) is 0 Å². The maximum absolute atomic E-state index is 12.8. The van der Waals surface area contributed by atoms with E-state index in [-0.39, 0.29) is 22.6 Å². The van der Waals surface area contributed by atoms with Gasteiger partial charge in [0.2, 0.25) is 20.0 Å². The number of benzene rings is 2. The molecule has 1 unspecified atom stereocenters. The van der Waals surface area contributed by atoms with Crippen molar-refractivity contribution in [1.82, 2.24) is 14.4 Å². The lowest BCUT2D eigenvalue weighted by Gasteiger charge is -2.15. The first kappa shape index (κ1) is 25.2. The Bertz CT molecular complexity index is 1520. The van der Waals surface area contributed by atoms with Crippen molar-refractivity contribution in [1.29, 1.82) is 0 Å². The number of carbonyl (C=O) groups excluding carboxylic acids is 2. The predicted molar refractivity (Wildman–Crippen MR) is 114 cm³/mol. The van der Waals surface area contributed by atoms with E-state index in [9.17, 15) is 31.2 Å². The van der Waals surface area contributed by atoms with Gasteiger partial charge in [0.1, 0.15) is 27.5 Å². The molecule has 0 spiro atoms. The Hall–Kier alpha value is -3.44. The molecule has 1 aliphatic heterocycles. The van der Waals surface area contributed by atoms with Crippen LogP contribution in [0.3, 0.4) is 0 Å². The predicted octanol–water partition coefficient (Wildman–Crippen LogP) is -1.52. The van der Waals surface area contributed by atoms with Gasteiger partial charge in [-0.25, -0.2) is 26.6 Å². The summed E-state index contributed by atoms with van der Waals surface area (Å²) in [6.45, 7) is -0.733. The second-order valence-electron chi connectivity index (χ2n) is 6.61. The van der Waals surface area contributed by atoms with Crippen LogP contribution in [-0.4, -0.2) is 60.7 Å². The van der Waals surface area contributed by atoms with Crippen LogP contribution in [0.25, 0.3) is 22.6 Å². The molecule has 0 fully saturated rings. The van der Waals surface area contributed by atoms with Crippen LogP contribution in [0.15, 0.2) is 49.3 Å². The zero-order valence-electron chi connectivity index (χ0n) is 17.6. The number of carbonyl (C=O) groups is 2. The van der Waals surface area contributed by atoms with Gasteiger partial charge < -0.3 is 19.6 Å². The van der Waals surface area contributed by atoms with Crippen molar-refractivity contribution < 1.29 is 40.3 Å². The first-order valence-corrected chi connectivity index (χ1v) is 12.2. The van der Waals surface area contributed by atoms with E-state index in [4.69, 9.17) is 10.2 Å². The van der Waals surface area contributed by atoms with Crippen molar-refractivity contribution in [2.24, 2.45) is 5.73 Å². The number of esters is 2. The number of nitrogens with one attached hydrogen (secondary N) is 2. The van der Waals surface area contributed by atoms with E-state index in [1.807, 2.05) is 9.44 Å². The van der Waals surface area contributed by atoms with E-state index >= 15 is 0 Å². The molecule has 1 aromatic carbocycles. The molecular weight excluding hydrogens is 496 g/mol.